The Morgan fingerprint density at radius 2 is 2.50 bits per heavy atom. The number of nitrogens with zero attached hydrogens (tertiary/aromatic N) is 2. The zero-order chi connectivity index (χ0) is 9.97. The van der Waals surface area contributed by atoms with E-state index in [2.05, 4.69) is 14.9 Å². The van der Waals surface area contributed by atoms with Crippen LogP contribution >= 0.6 is 11.5 Å². The summed E-state index contributed by atoms with van der Waals surface area (Å²) in [6.45, 7) is 0. The first-order valence-electron chi connectivity index (χ1n) is 4.61. The molecule has 0 aromatic carbocycles. The number of hydrogen-bond donors (Lipinski definition) is 2. The number of anilines is 1. The molecule has 1 fully saturated rings. The van der Waals surface area contributed by atoms with Gasteiger partial charge in [-0.1, -0.05) is 10.9 Å². The van der Waals surface area contributed by atoms with E-state index < -0.39 is 0 Å². The third kappa shape index (κ3) is 1.91. The molecule has 0 aliphatic heterocycles. The second-order valence-corrected chi connectivity index (χ2v) is 4.09. The van der Waals surface area contributed by atoms with Crippen LogP contribution in [0.25, 0.3) is 0 Å². The molecule has 0 bridgehead atoms. The molecule has 1 aromatic heterocycles. The maximum Gasteiger partial charge on any atom is 0.230 e. The Morgan fingerprint density at radius 1 is 1.64 bits per heavy atom. The lowest BCUT2D eigenvalue weighted by atomic mass is 10.0. The second-order valence-electron chi connectivity index (χ2n) is 3.48. The minimum absolute atomic E-state index is 0.00148. The van der Waals surface area contributed by atoms with Gasteiger partial charge in [0.05, 0.1) is 11.3 Å². The van der Waals surface area contributed by atoms with E-state index in [1.54, 1.807) is 5.38 Å². The van der Waals surface area contributed by atoms with Crippen LogP contribution in [-0.4, -0.2) is 21.5 Å². The Balaban J connectivity index is 1.95. The lowest BCUT2D eigenvalue weighted by Crippen LogP contribution is -2.34. The van der Waals surface area contributed by atoms with Gasteiger partial charge in [-0.25, -0.2) is 0 Å². The van der Waals surface area contributed by atoms with Crippen molar-refractivity contribution in [2.45, 2.75) is 25.3 Å². The van der Waals surface area contributed by atoms with Crippen LogP contribution in [0.1, 0.15) is 19.3 Å². The molecule has 1 saturated carbocycles. The molecule has 6 heteroatoms. The Hall–Kier alpha value is -1.01. The van der Waals surface area contributed by atoms with Crippen molar-refractivity contribution in [1.82, 2.24) is 9.59 Å². The topological polar surface area (TPSA) is 80.9 Å². The summed E-state index contributed by atoms with van der Waals surface area (Å²) in [5.41, 5.74) is 5.81. The first kappa shape index (κ1) is 9.54. The van der Waals surface area contributed by atoms with Gasteiger partial charge in [0.2, 0.25) is 5.91 Å². The van der Waals surface area contributed by atoms with Gasteiger partial charge in [-0.3, -0.25) is 4.79 Å². The summed E-state index contributed by atoms with van der Waals surface area (Å²) in [6, 6.07) is 0.00148. The smallest absolute Gasteiger partial charge is 0.230 e. The molecule has 1 amide bonds. The molecule has 1 aliphatic carbocycles. The number of nitrogens with one attached hydrogen (secondary N) is 1. The fraction of sp³-hybridized carbons (Fsp3) is 0.625. The van der Waals surface area contributed by atoms with Gasteiger partial charge in [-0.05, 0) is 24.4 Å². The maximum atomic E-state index is 11.7. The average Bonchev–Trinajstić information content (AvgIpc) is 2.75. The van der Waals surface area contributed by atoms with Gasteiger partial charge in [0, 0.05) is 6.04 Å². The minimum Gasteiger partial charge on any atom is -0.327 e. The molecule has 76 valence electrons. The van der Waals surface area contributed by atoms with Crippen LogP contribution in [0.15, 0.2) is 5.38 Å². The lowest BCUT2D eigenvalue weighted by Gasteiger charge is -2.13. The number of aromatic nitrogens is 2. The highest BCUT2D eigenvalue weighted by Gasteiger charge is 2.30. The van der Waals surface area contributed by atoms with E-state index in [-0.39, 0.29) is 17.9 Å². The number of rotatable bonds is 2. The molecule has 1 aliphatic rings. The molecular formula is C8H12N4OS. The lowest BCUT2D eigenvalue weighted by molar-refractivity contribution is -0.120. The fourth-order valence-electron chi connectivity index (χ4n) is 1.75. The van der Waals surface area contributed by atoms with E-state index in [0.717, 1.165) is 19.3 Å². The standard InChI is InChI=1S/C8H12N4OS/c9-6-3-1-2-5(6)8(13)10-7-4-14-12-11-7/h4-6H,1-3,9H2,(H,10,13). The van der Waals surface area contributed by atoms with Crippen LogP contribution in [0, 0.1) is 5.92 Å². The maximum absolute atomic E-state index is 11.7. The van der Waals surface area contributed by atoms with Gasteiger partial charge in [-0.2, -0.15) is 0 Å². The summed E-state index contributed by atoms with van der Waals surface area (Å²) in [7, 11) is 0. The summed E-state index contributed by atoms with van der Waals surface area (Å²) in [6.07, 6.45) is 2.85. The van der Waals surface area contributed by atoms with Gasteiger partial charge < -0.3 is 11.1 Å². The zero-order valence-corrected chi connectivity index (χ0v) is 8.46. The molecule has 0 spiro atoms. The van der Waals surface area contributed by atoms with Crippen molar-refractivity contribution in [3.05, 3.63) is 5.38 Å². The van der Waals surface area contributed by atoms with Crippen molar-refractivity contribution in [3.63, 3.8) is 0 Å². The second kappa shape index (κ2) is 4.02. The van der Waals surface area contributed by atoms with Gasteiger partial charge in [0.15, 0.2) is 5.82 Å². The van der Waals surface area contributed by atoms with E-state index in [4.69, 9.17) is 5.73 Å². The Labute approximate surface area is 85.9 Å². The zero-order valence-electron chi connectivity index (χ0n) is 7.64. The number of hydrogen-bond acceptors (Lipinski definition) is 5. The van der Waals surface area contributed by atoms with Crippen molar-refractivity contribution < 1.29 is 4.79 Å². The highest BCUT2D eigenvalue weighted by atomic mass is 32.1. The van der Waals surface area contributed by atoms with Gasteiger partial charge >= 0.3 is 0 Å². The van der Waals surface area contributed by atoms with Crippen LogP contribution in [0.5, 0.6) is 0 Å². The minimum atomic E-state index is -0.0586. The highest BCUT2D eigenvalue weighted by Crippen LogP contribution is 2.25. The van der Waals surface area contributed by atoms with Crippen LogP contribution in [-0.2, 0) is 4.79 Å². The van der Waals surface area contributed by atoms with Gasteiger partial charge in [0.25, 0.3) is 0 Å². The normalized spacial score (nSPS) is 26.4. The van der Waals surface area contributed by atoms with E-state index in [1.807, 2.05) is 0 Å². The Kier molecular flexibility index (Phi) is 2.74. The molecule has 2 rings (SSSR count). The first-order chi connectivity index (χ1) is 6.77. The number of nitrogens with two attached hydrogens (primary N) is 1. The van der Waals surface area contributed by atoms with Crippen LogP contribution < -0.4 is 11.1 Å². The molecule has 2 atom stereocenters. The predicted molar refractivity (Wildman–Crippen MR) is 53.9 cm³/mol. The highest BCUT2D eigenvalue weighted by molar-refractivity contribution is 7.03. The number of amides is 1. The summed E-state index contributed by atoms with van der Waals surface area (Å²) in [5, 5.41) is 8.17. The molecule has 14 heavy (non-hydrogen) atoms. The molecular weight excluding hydrogens is 200 g/mol. The van der Waals surface area contributed by atoms with Gasteiger partial charge in [0.1, 0.15) is 0 Å². The molecule has 1 aromatic rings. The molecule has 1 heterocycles. The summed E-state index contributed by atoms with van der Waals surface area (Å²) in [5.74, 6) is 0.443. The van der Waals surface area contributed by atoms with Crippen LogP contribution in [0.3, 0.4) is 0 Å². The summed E-state index contributed by atoms with van der Waals surface area (Å²) < 4.78 is 3.67. The van der Waals surface area contributed by atoms with E-state index in [9.17, 15) is 4.79 Å². The van der Waals surface area contributed by atoms with Gasteiger partial charge in [-0.15, -0.1) is 5.10 Å². The van der Waals surface area contributed by atoms with Crippen molar-refractivity contribution >= 4 is 23.3 Å². The molecule has 2 unspecified atom stereocenters. The third-order valence-corrected chi connectivity index (χ3v) is 3.02. The van der Waals surface area contributed by atoms with E-state index in [0.29, 0.717) is 5.82 Å². The third-order valence-electron chi connectivity index (χ3n) is 2.52. The fourth-order valence-corrected chi connectivity index (χ4v) is 2.14. The number of carbonyl (C=O) groups excluding carboxylic acids is 1. The predicted octanol–water partition coefficient (Wildman–Crippen LogP) is 0.604. The quantitative estimate of drug-likeness (QED) is 0.752. The van der Waals surface area contributed by atoms with E-state index >= 15 is 0 Å². The van der Waals surface area contributed by atoms with Crippen molar-refractivity contribution in [2.75, 3.05) is 5.32 Å². The van der Waals surface area contributed by atoms with Crippen molar-refractivity contribution in [1.29, 1.82) is 0 Å². The van der Waals surface area contributed by atoms with Crippen LogP contribution in [0.4, 0.5) is 5.82 Å². The van der Waals surface area contributed by atoms with E-state index in [1.165, 1.54) is 11.5 Å². The number of carbonyl (C=O) groups is 1. The largest absolute Gasteiger partial charge is 0.327 e. The molecule has 0 radical (unpaired) electrons. The molecule has 0 saturated heterocycles. The molecule has 5 nitrogen and oxygen atoms in total. The molecule has 3 N–H and O–H groups in total. The van der Waals surface area contributed by atoms with Crippen LogP contribution in [0.2, 0.25) is 0 Å². The first-order valence-corrected chi connectivity index (χ1v) is 5.44. The Bertz CT molecular complexity index is 313. The summed E-state index contributed by atoms with van der Waals surface area (Å²) >= 11 is 1.22. The van der Waals surface area contributed by atoms with Crippen molar-refractivity contribution in [2.24, 2.45) is 11.7 Å². The SMILES string of the molecule is NC1CCCC1C(=O)Nc1csnn1. The monoisotopic (exact) mass is 212 g/mol. The average molecular weight is 212 g/mol. The Morgan fingerprint density at radius 3 is 3.07 bits per heavy atom. The van der Waals surface area contributed by atoms with Crippen molar-refractivity contribution in [3.8, 4) is 0 Å². The summed E-state index contributed by atoms with van der Waals surface area (Å²) in [4.78, 5) is 11.7.